The maximum absolute atomic E-state index is 11.7. The zero-order chi connectivity index (χ0) is 13.5. The quantitative estimate of drug-likeness (QED) is 0.775. The summed E-state index contributed by atoms with van der Waals surface area (Å²) in [6.45, 7) is 1.47. The highest BCUT2D eigenvalue weighted by Crippen LogP contribution is 2.07. The van der Waals surface area contributed by atoms with Crippen molar-refractivity contribution in [2.75, 3.05) is 12.3 Å². The van der Waals surface area contributed by atoms with Gasteiger partial charge in [0, 0.05) is 37.6 Å². The van der Waals surface area contributed by atoms with Crippen LogP contribution in [0.1, 0.15) is 12.0 Å². The first kappa shape index (κ1) is 13.2. The summed E-state index contributed by atoms with van der Waals surface area (Å²) in [6.07, 6.45) is 5.23. The van der Waals surface area contributed by atoms with Gasteiger partial charge in [-0.2, -0.15) is 0 Å². The maximum Gasteiger partial charge on any atom is 0.220 e. The number of nitrogen functional groups attached to an aromatic ring is 1. The Kier molecular flexibility index (Phi) is 4.61. The number of rotatable bonds is 6. The van der Waals surface area contributed by atoms with Crippen molar-refractivity contribution in [3.63, 3.8) is 0 Å². The first-order valence-electron chi connectivity index (χ1n) is 6.46. The molecule has 0 saturated heterocycles. The second-order valence-electron chi connectivity index (χ2n) is 4.51. The fraction of sp³-hybridized carbons (Fsp3) is 0.267. The molecule has 0 spiro atoms. The molecule has 0 bridgehead atoms. The van der Waals surface area contributed by atoms with E-state index in [1.54, 1.807) is 0 Å². The summed E-state index contributed by atoms with van der Waals surface area (Å²) in [4.78, 5) is 11.7. The van der Waals surface area contributed by atoms with Crippen molar-refractivity contribution in [3.8, 4) is 0 Å². The van der Waals surface area contributed by atoms with Crippen LogP contribution in [-0.2, 0) is 17.8 Å². The molecule has 4 heteroatoms. The zero-order valence-electron chi connectivity index (χ0n) is 10.9. The predicted octanol–water partition coefficient (Wildman–Crippen LogP) is 1.82. The summed E-state index contributed by atoms with van der Waals surface area (Å²) in [7, 11) is 0. The lowest BCUT2D eigenvalue weighted by Gasteiger charge is -2.06. The van der Waals surface area contributed by atoms with Crippen LogP contribution in [0.15, 0.2) is 48.8 Å². The minimum absolute atomic E-state index is 0.0870. The molecular formula is C15H19N3O. The molecule has 0 fully saturated rings. The largest absolute Gasteiger partial charge is 0.399 e. The SMILES string of the molecule is Nc1ccc(CCC(=O)NCCn2cccc2)cc1. The highest BCUT2D eigenvalue weighted by atomic mass is 16.1. The molecule has 100 valence electrons. The Morgan fingerprint density at radius 1 is 1.16 bits per heavy atom. The third-order valence-electron chi connectivity index (χ3n) is 2.98. The number of nitrogens with zero attached hydrogens (tertiary/aromatic N) is 1. The van der Waals surface area contributed by atoms with Gasteiger partial charge >= 0.3 is 0 Å². The van der Waals surface area contributed by atoms with Crippen LogP contribution < -0.4 is 11.1 Å². The number of aromatic nitrogens is 1. The van der Waals surface area contributed by atoms with Crippen molar-refractivity contribution in [1.29, 1.82) is 0 Å². The number of nitrogens with two attached hydrogens (primary N) is 1. The molecule has 1 aromatic carbocycles. The normalized spacial score (nSPS) is 10.3. The number of aryl methyl sites for hydroxylation is 1. The molecule has 19 heavy (non-hydrogen) atoms. The molecule has 0 aliphatic rings. The van der Waals surface area contributed by atoms with Gasteiger partial charge in [-0.1, -0.05) is 12.1 Å². The van der Waals surface area contributed by atoms with E-state index in [2.05, 4.69) is 5.32 Å². The Balaban J connectivity index is 1.65. The Labute approximate surface area is 113 Å². The molecule has 0 radical (unpaired) electrons. The molecule has 0 atom stereocenters. The lowest BCUT2D eigenvalue weighted by Crippen LogP contribution is -2.27. The van der Waals surface area contributed by atoms with Crippen LogP contribution in [0.3, 0.4) is 0 Å². The van der Waals surface area contributed by atoms with E-state index in [9.17, 15) is 4.79 Å². The molecule has 1 heterocycles. The summed E-state index contributed by atoms with van der Waals surface area (Å²) in [5, 5.41) is 2.92. The average Bonchev–Trinajstić information content (AvgIpc) is 2.91. The second kappa shape index (κ2) is 6.64. The van der Waals surface area contributed by atoms with E-state index in [0.717, 1.165) is 24.2 Å². The van der Waals surface area contributed by atoms with Gasteiger partial charge in [0.15, 0.2) is 0 Å². The average molecular weight is 257 g/mol. The molecule has 1 amide bonds. The lowest BCUT2D eigenvalue weighted by atomic mass is 10.1. The van der Waals surface area contributed by atoms with Gasteiger partial charge in [-0.15, -0.1) is 0 Å². The van der Waals surface area contributed by atoms with Crippen molar-refractivity contribution in [2.24, 2.45) is 0 Å². The van der Waals surface area contributed by atoms with Crippen LogP contribution in [0.2, 0.25) is 0 Å². The van der Waals surface area contributed by atoms with Crippen molar-refractivity contribution in [1.82, 2.24) is 9.88 Å². The molecule has 0 aliphatic heterocycles. The number of hydrogen-bond donors (Lipinski definition) is 2. The second-order valence-corrected chi connectivity index (χ2v) is 4.51. The third kappa shape index (κ3) is 4.50. The van der Waals surface area contributed by atoms with Crippen LogP contribution in [0.4, 0.5) is 5.69 Å². The van der Waals surface area contributed by atoms with Gasteiger partial charge in [0.05, 0.1) is 0 Å². The Morgan fingerprint density at radius 3 is 2.53 bits per heavy atom. The van der Waals surface area contributed by atoms with Crippen molar-refractivity contribution in [2.45, 2.75) is 19.4 Å². The number of nitrogens with one attached hydrogen (secondary N) is 1. The van der Waals surface area contributed by atoms with Crippen LogP contribution in [0.25, 0.3) is 0 Å². The standard InChI is InChI=1S/C15H19N3O/c16-14-6-3-13(4-7-14)5-8-15(19)17-9-12-18-10-1-2-11-18/h1-4,6-7,10-11H,5,8-9,12,16H2,(H,17,19). The van der Waals surface area contributed by atoms with E-state index in [4.69, 9.17) is 5.73 Å². The monoisotopic (exact) mass is 257 g/mol. The summed E-state index contributed by atoms with van der Waals surface area (Å²) < 4.78 is 2.04. The number of carbonyl (C=O) groups is 1. The maximum atomic E-state index is 11.7. The van der Waals surface area contributed by atoms with E-state index in [1.165, 1.54) is 0 Å². The predicted molar refractivity (Wildman–Crippen MR) is 76.6 cm³/mol. The van der Waals surface area contributed by atoms with E-state index < -0.39 is 0 Å². The van der Waals surface area contributed by atoms with Gasteiger partial charge in [-0.05, 0) is 36.2 Å². The van der Waals surface area contributed by atoms with Gasteiger partial charge < -0.3 is 15.6 Å². The molecule has 2 rings (SSSR count). The first-order valence-corrected chi connectivity index (χ1v) is 6.46. The fourth-order valence-electron chi connectivity index (χ4n) is 1.87. The van der Waals surface area contributed by atoms with E-state index in [-0.39, 0.29) is 5.91 Å². The highest BCUT2D eigenvalue weighted by molar-refractivity contribution is 5.76. The van der Waals surface area contributed by atoms with Gasteiger partial charge in [-0.25, -0.2) is 0 Å². The molecule has 0 saturated carbocycles. The molecule has 1 aromatic heterocycles. The van der Waals surface area contributed by atoms with E-state index in [1.807, 2.05) is 53.4 Å². The van der Waals surface area contributed by atoms with E-state index in [0.29, 0.717) is 13.0 Å². The topological polar surface area (TPSA) is 60.1 Å². The number of anilines is 1. The van der Waals surface area contributed by atoms with Crippen LogP contribution in [-0.4, -0.2) is 17.0 Å². The fourth-order valence-corrected chi connectivity index (χ4v) is 1.87. The molecule has 3 N–H and O–H groups in total. The summed E-state index contributed by atoms with van der Waals surface area (Å²) in [5.41, 5.74) is 7.50. The molecule has 2 aromatic rings. The minimum Gasteiger partial charge on any atom is -0.399 e. The summed E-state index contributed by atoms with van der Waals surface area (Å²) in [6, 6.07) is 11.6. The summed E-state index contributed by atoms with van der Waals surface area (Å²) >= 11 is 0. The minimum atomic E-state index is 0.0870. The van der Waals surface area contributed by atoms with Gasteiger partial charge in [0.25, 0.3) is 0 Å². The lowest BCUT2D eigenvalue weighted by molar-refractivity contribution is -0.121. The van der Waals surface area contributed by atoms with Gasteiger partial charge in [0.1, 0.15) is 0 Å². The van der Waals surface area contributed by atoms with Gasteiger partial charge in [-0.3, -0.25) is 4.79 Å². The molecule has 0 unspecified atom stereocenters. The number of carbonyl (C=O) groups excluding carboxylic acids is 1. The van der Waals surface area contributed by atoms with Crippen LogP contribution in [0.5, 0.6) is 0 Å². The zero-order valence-corrected chi connectivity index (χ0v) is 10.9. The summed E-state index contributed by atoms with van der Waals surface area (Å²) in [5.74, 6) is 0.0870. The Morgan fingerprint density at radius 2 is 1.84 bits per heavy atom. The number of amides is 1. The van der Waals surface area contributed by atoms with Crippen LogP contribution in [0, 0.1) is 0 Å². The smallest absolute Gasteiger partial charge is 0.220 e. The first-order chi connectivity index (χ1) is 9.24. The van der Waals surface area contributed by atoms with Gasteiger partial charge in [0.2, 0.25) is 5.91 Å². The Hall–Kier alpha value is -2.23. The van der Waals surface area contributed by atoms with Crippen molar-refractivity contribution in [3.05, 3.63) is 54.4 Å². The molecule has 4 nitrogen and oxygen atoms in total. The molecule has 0 aliphatic carbocycles. The van der Waals surface area contributed by atoms with Crippen LogP contribution >= 0.6 is 0 Å². The van der Waals surface area contributed by atoms with Crippen molar-refractivity contribution >= 4 is 11.6 Å². The number of benzene rings is 1. The highest BCUT2D eigenvalue weighted by Gasteiger charge is 2.01. The van der Waals surface area contributed by atoms with E-state index >= 15 is 0 Å². The molecular weight excluding hydrogens is 238 g/mol. The third-order valence-corrected chi connectivity index (χ3v) is 2.98. The number of hydrogen-bond acceptors (Lipinski definition) is 2. The van der Waals surface area contributed by atoms with Crippen molar-refractivity contribution < 1.29 is 4.79 Å². The Bertz CT molecular complexity index is 503.